The topological polar surface area (TPSA) is 90.8 Å². The number of aliphatic hydroxyl groups excluding tert-OH is 1. The second-order valence-electron chi connectivity index (χ2n) is 6.74. The molecule has 0 saturated heterocycles. The molecule has 1 aromatic rings. The van der Waals surface area contributed by atoms with Crippen molar-refractivity contribution in [2.75, 3.05) is 26.0 Å². The summed E-state index contributed by atoms with van der Waals surface area (Å²) in [4.78, 5) is 4.87. The smallest absolute Gasteiger partial charge is 0.191 e. The van der Waals surface area contributed by atoms with Gasteiger partial charge in [-0.3, -0.25) is 0 Å². The molecular formula is C17H29N3O3S. The van der Waals surface area contributed by atoms with E-state index in [0.29, 0.717) is 23.9 Å². The fourth-order valence-electron chi connectivity index (χ4n) is 2.12. The van der Waals surface area contributed by atoms with Crippen LogP contribution in [0.15, 0.2) is 28.1 Å². The summed E-state index contributed by atoms with van der Waals surface area (Å²) in [5.41, 5.74) is 1.44. The van der Waals surface area contributed by atoms with Crippen LogP contribution in [0.1, 0.15) is 31.9 Å². The summed E-state index contributed by atoms with van der Waals surface area (Å²) in [7, 11) is -3.20. The van der Waals surface area contributed by atoms with Crippen molar-refractivity contribution in [1.29, 1.82) is 0 Å². The van der Waals surface area contributed by atoms with E-state index in [4.69, 9.17) is 0 Å². The van der Waals surface area contributed by atoms with Gasteiger partial charge in [0.15, 0.2) is 15.8 Å². The fourth-order valence-corrected chi connectivity index (χ4v) is 3.08. The van der Waals surface area contributed by atoms with Gasteiger partial charge in [0.25, 0.3) is 0 Å². The van der Waals surface area contributed by atoms with Gasteiger partial charge in [-0.05, 0) is 31.0 Å². The van der Waals surface area contributed by atoms with Gasteiger partial charge in [-0.1, -0.05) is 26.0 Å². The highest BCUT2D eigenvalue weighted by Crippen LogP contribution is 2.17. The fraction of sp³-hybridized carbons (Fsp3) is 0.588. The van der Waals surface area contributed by atoms with Crippen molar-refractivity contribution in [1.82, 2.24) is 10.6 Å². The van der Waals surface area contributed by atoms with E-state index in [1.807, 2.05) is 26.8 Å². The largest absolute Gasteiger partial charge is 0.396 e. The molecule has 0 aliphatic rings. The zero-order chi connectivity index (χ0) is 18.4. The molecule has 24 heavy (non-hydrogen) atoms. The van der Waals surface area contributed by atoms with Crippen molar-refractivity contribution >= 4 is 15.8 Å². The van der Waals surface area contributed by atoms with E-state index in [9.17, 15) is 13.5 Å². The number of aryl methyl sites for hydroxylation is 1. The minimum absolute atomic E-state index is 0.0888. The lowest BCUT2D eigenvalue weighted by atomic mass is 9.95. The van der Waals surface area contributed by atoms with Crippen LogP contribution in [0.25, 0.3) is 0 Å². The third-order valence-electron chi connectivity index (χ3n) is 3.57. The molecule has 0 aromatic heterocycles. The molecular weight excluding hydrogens is 326 g/mol. The maximum Gasteiger partial charge on any atom is 0.191 e. The first-order chi connectivity index (χ1) is 11.1. The molecule has 136 valence electrons. The van der Waals surface area contributed by atoms with Gasteiger partial charge in [0.1, 0.15) is 0 Å². The minimum atomic E-state index is -3.20. The standard InChI is InChI=1S/C17H29N3O3S/c1-6-18-16(20-11-17(3,4)12-21)19-10-14-7-8-15(13(2)9-14)24(5,22)23/h7-9,21H,6,10-12H2,1-5H3,(H2,18,19,20). The number of rotatable bonds is 7. The second kappa shape index (κ2) is 8.48. The molecule has 0 heterocycles. The zero-order valence-corrected chi connectivity index (χ0v) is 16.0. The van der Waals surface area contributed by atoms with Crippen LogP contribution in [-0.4, -0.2) is 45.4 Å². The first-order valence-electron chi connectivity index (χ1n) is 8.01. The van der Waals surface area contributed by atoms with Crippen molar-refractivity contribution in [3.05, 3.63) is 29.3 Å². The van der Waals surface area contributed by atoms with Crippen LogP contribution < -0.4 is 10.6 Å². The molecule has 0 fully saturated rings. The number of aliphatic imine (C=N–C) groups is 1. The highest BCUT2D eigenvalue weighted by Gasteiger charge is 2.16. The summed E-state index contributed by atoms with van der Waals surface area (Å²) in [5.74, 6) is 0.670. The van der Waals surface area contributed by atoms with Gasteiger partial charge in [-0.15, -0.1) is 0 Å². The maximum absolute atomic E-state index is 11.7. The Hall–Kier alpha value is -1.60. The van der Waals surface area contributed by atoms with Crippen LogP contribution in [-0.2, 0) is 16.4 Å². The number of aliphatic hydroxyl groups is 1. The number of guanidine groups is 1. The summed E-state index contributed by atoms with van der Waals surface area (Å²) in [6.45, 7) is 9.58. The molecule has 0 amide bonds. The Morgan fingerprint density at radius 2 is 1.96 bits per heavy atom. The molecule has 0 atom stereocenters. The van der Waals surface area contributed by atoms with Crippen LogP contribution >= 0.6 is 0 Å². The summed E-state index contributed by atoms with van der Waals surface area (Å²) in [6, 6.07) is 5.26. The molecule has 0 aliphatic heterocycles. The summed E-state index contributed by atoms with van der Waals surface area (Å²) in [5, 5.41) is 15.7. The first-order valence-corrected chi connectivity index (χ1v) is 9.91. The van der Waals surface area contributed by atoms with Gasteiger partial charge in [0, 0.05) is 31.4 Å². The molecule has 1 rings (SSSR count). The van der Waals surface area contributed by atoms with Gasteiger partial charge < -0.3 is 15.7 Å². The van der Waals surface area contributed by atoms with Crippen molar-refractivity contribution in [2.45, 2.75) is 39.1 Å². The molecule has 3 N–H and O–H groups in total. The van der Waals surface area contributed by atoms with Crippen LogP contribution in [0.3, 0.4) is 0 Å². The maximum atomic E-state index is 11.7. The quantitative estimate of drug-likeness (QED) is 0.509. The Bertz CT molecular complexity index is 682. The van der Waals surface area contributed by atoms with Crippen LogP contribution in [0.2, 0.25) is 0 Å². The number of hydrogen-bond donors (Lipinski definition) is 3. The predicted molar refractivity (Wildman–Crippen MR) is 98.0 cm³/mol. The van der Waals surface area contributed by atoms with E-state index >= 15 is 0 Å². The Balaban J connectivity index is 2.85. The van der Waals surface area contributed by atoms with E-state index in [1.165, 1.54) is 6.26 Å². The number of nitrogens with one attached hydrogen (secondary N) is 2. The molecule has 0 aliphatic carbocycles. The molecule has 6 nitrogen and oxygen atoms in total. The van der Waals surface area contributed by atoms with E-state index < -0.39 is 9.84 Å². The Morgan fingerprint density at radius 1 is 1.29 bits per heavy atom. The van der Waals surface area contributed by atoms with Crippen molar-refractivity contribution in [3.8, 4) is 0 Å². The van der Waals surface area contributed by atoms with Gasteiger partial charge >= 0.3 is 0 Å². The highest BCUT2D eigenvalue weighted by atomic mass is 32.2. The second-order valence-corrected chi connectivity index (χ2v) is 8.73. The number of nitrogens with zero attached hydrogens (tertiary/aromatic N) is 1. The number of benzene rings is 1. The van der Waals surface area contributed by atoms with Crippen molar-refractivity contribution < 1.29 is 13.5 Å². The molecule has 0 saturated carbocycles. The van der Waals surface area contributed by atoms with Gasteiger partial charge in [0.2, 0.25) is 0 Å². The zero-order valence-electron chi connectivity index (χ0n) is 15.2. The third-order valence-corrected chi connectivity index (χ3v) is 4.82. The van der Waals surface area contributed by atoms with E-state index in [1.54, 1.807) is 19.1 Å². The summed E-state index contributed by atoms with van der Waals surface area (Å²) in [6.07, 6.45) is 1.21. The Labute approximate surface area is 145 Å². The van der Waals surface area contributed by atoms with Gasteiger partial charge in [-0.2, -0.15) is 0 Å². The lowest BCUT2D eigenvalue weighted by Crippen LogP contribution is -2.43. The lowest BCUT2D eigenvalue weighted by Gasteiger charge is -2.23. The lowest BCUT2D eigenvalue weighted by molar-refractivity contribution is 0.162. The number of hydrogen-bond acceptors (Lipinski definition) is 4. The van der Waals surface area contributed by atoms with Crippen LogP contribution in [0, 0.1) is 12.3 Å². The molecule has 0 unspecified atom stereocenters. The van der Waals surface area contributed by atoms with E-state index in [2.05, 4.69) is 15.6 Å². The highest BCUT2D eigenvalue weighted by molar-refractivity contribution is 7.90. The predicted octanol–water partition coefficient (Wildman–Crippen LogP) is 1.47. The third kappa shape index (κ3) is 6.49. The van der Waals surface area contributed by atoms with Gasteiger partial charge in [0.05, 0.1) is 11.4 Å². The Kier molecular flexibility index (Phi) is 7.23. The normalized spacial score (nSPS) is 13.0. The average Bonchev–Trinajstić information content (AvgIpc) is 2.49. The van der Waals surface area contributed by atoms with E-state index in [0.717, 1.165) is 17.7 Å². The molecule has 0 spiro atoms. The molecule has 0 radical (unpaired) electrons. The van der Waals surface area contributed by atoms with Crippen molar-refractivity contribution in [2.24, 2.45) is 10.4 Å². The SMILES string of the molecule is CCNC(=NCc1ccc(S(C)(=O)=O)c(C)c1)NCC(C)(C)CO. The van der Waals surface area contributed by atoms with Crippen LogP contribution in [0.4, 0.5) is 0 Å². The van der Waals surface area contributed by atoms with Crippen LogP contribution in [0.5, 0.6) is 0 Å². The van der Waals surface area contributed by atoms with Crippen molar-refractivity contribution in [3.63, 3.8) is 0 Å². The summed E-state index contributed by atoms with van der Waals surface area (Å²) < 4.78 is 23.3. The minimum Gasteiger partial charge on any atom is -0.396 e. The first kappa shape index (κ1) is 20.4. The monoisotopic (exact) mass is 355 g/mol. The molecule has 0 bridgehead atoms. The summed E-state index contributed by atoms with van der Waals surface area (Å²) >= 11 is 0. The average molecular weight is 356 g/mol. The molecule has 7 heteroatoms. The van der Waals surface area contributed by atoms with Gasteiger partial charge in [-0.25, -0.2) is 13.4 Å². The number of sulfone groups is 1. The van der Waals surface area contributed by atoms with E-state index in [-0.39, 0.29) is 12.0 Å². The molecule has 1 aromatic carbocycles. The Morgan fingerprint density at radius 3 is 2.46 bits per heavy atom.